The van der Waals surface area contributed by atoms with E-state index in [9.17, 15) is 14.7 Å². The lowest BCUT2D eigenvalue weighted by Gasteiger charge is -2.23. The van der Waals surface area contributed by atoms with E-state index in [-0.39, 0.29) is 11.5 Å². The third-order valence-corrected chi connectivity index (χ3v) is 4.96. The van der Waals surface area contributed by atoms with E-state index in [4.69, 9.17) is 0 Å². The largest absolute Gasteiger partial charge is 0.478 e. The summed E-state index contributed by atoms with van der Waals surface area (Å²) in [5.41, 5.74) is 3.75. The highest BCUT2D eigenvalue weighted by atomic mass is 16.4. The van der Waals surface area contributed by atoms with E-state index in [1.165, 1.54) is 22.8 Å². The molecule has 1 heterocycles. The molecule has 0 bridgehead atoms. The quantitative estimate of drug-likeness (QED) is 0.639. The monoisotopic (exact) mass is 405 g/mol. The fourth-order valence-corrected chi connectivity index (χ4v) is 3.49. The summed E-state index contributed by atoms with van der Waals surface area (Å²) in [7, 11) is 0. The van der Waals surface area contributed by atoms with Crippen molar-refractivity contribution in [3.8, 4) is 0 Å². The molecule has 3 rings (SSSR count). The maximum absolute atomic E-state index is 12.9. The molecule has 2 aromatic rings. The molecule has 0 saturated carbocycles. The molecule has 0 atom stereocenters. The van der Waals surface area contributed by atoms with Gasteiger partial charge in [-0.3, -0.25) is 4.79 Å². The number of carboxylic acids is 1. The number of amides is 1. The summed E-state index contributed by atoms with van der Waals surface area (Å²) in [5.74, 6) is -1.31. The molecule has 2 aromatic carbocycles. The first-order valence-electron chi connectivity index (χ1n) is 10.2. The number of aromatic carboxylic acids is 1. The molecule has 6 heteroatoms. The maximum Gasteiger partial charge on any atom is 0.335 e. The van der Waals surface area contributed by atoms with Crippen LogP contribution in [0.1, 0.15) is 49.5 Å². The SMILES string of the molecule is CCCN(CCC)c1ccc(C=C2C(=O)N(c3cccc(C(=O)O)c3)N=C2C)cc1. The molecular formula is C24H27N3O3. The van der Waals surface area contributed by atoms with Gasteiger partial charge in [-0.2, -0.15) is 10.1 Å². The van der Waals surface area contributed by atoms with E-state index < -0.39 is 5.97 Å². The number of nitrogens with zero attached hydrogens (tertiary/aromatic N) is 3. The third-order valence-electron chi connectivity index (χ3n) is 4.96. The highest BCUT2D eigenvalue weighted by molar-refractivity contribution is 6.32. The molecule has 0 fully saturated rings. The Morgan fingerprint density at radius 3 is 2.37 bits per heavy atom. The maximum atomic E-state index is 12.9. The summed E-state index contributed by atoms with van der Waals surface area (Å²) in [6.45, 7) is 8.16. The second-order valence-electron chi connectivity index (χ2n) is 7.29. The molecule has 0 spiro atoms. The smallest absolute Gasteiger partial charge is 0.335 e. The van der Waals surface area contributed by atoms with Crippen molar-refractivity contribution >= 4 is 35.0 Å². The van der Waals surface area contributed by atoms with Gasteiger partial charge in [-0.25, -0.2) is 4.79 Å². The highest BCUT2D eigenvalue weighted by Crippen LogP contribution is 2.26. The Hall–Kier alpha value is -3.41. The van der Waals surface area contributed by atoms with E-state index in [1.54, 1.807) is 19.1 Å². The van der Waals surface area contributed by atoms with Crippen molar-refractivity contribution in [1.82, 2.24) is 0 Å². The van der Waals surface area contributed by atoms with Gasteiger partial charge in [-0.1, -0.05) is 32.0 Å². The zero-order valence-electron chi connectivity index (χ0n) is 17.6. The minimum absolute atomic E-state index is 0.116. The molecule has 1 N–H and O–H groups in total. The number of hydrogen-bond donors (Lipinski definition) is 1. The lowest BCUT2D eigenvalue weighted by molar-refractivity contribution is -0.114. The molecule has 0 unspecified atom stereocenters. The van der Waals surface area contributed by atoms with Crippen molar-refractivity contribution in [2.75, 3.05) is 23.0 Å². The van der Waals surface area contributed by atoms with Gasteiger partial charge in [0.2, 0.25) is 0 Å². The van der Waals surface area contributed by atoms with Crippen LogP contribution in [-0.4, -0.2) is 35.8 Å². The van der Waals surface area contributed by atoms with Gasteiger partial charge < -0.3 is 10.0 Å². The zero-order valence-corrected chi connectivity index (χ0v) is 17.6. The van der Waals surface area contributed by atoms with Gasteiger partial charge in [-0.05, 0) is 61.7 Å². The molecule has 1 amide bonds. The zero-order chi connectivity index (χ0) is 21.7. The van der Waals surface area contributed by atoms with Crippen LogP contribution < -0.4 is 9.91 Å². The number of benzene rings is 2. The van der Waals surface area contributed by atoms with E-state index >= 15 is 0 Å². The van der Waals surface area contributed by atoms with Crippen LogP contribution in [-0.2, 0) is 4.79 Å². The number of hydrazone groups is 1. The minimum Gasteiger partial charge on any atom is -0.478 e. The van der Waals surface area contributed by atoms with Crippen LogP contribution in [0.25, 0.3) is 6.08 Å². The molecule has 0 aromatic heterocycles. The van der Waals surface area contributed by atoms with Crippen molar-refractivity contribution in [2.45, 2.75) is 33.6 Å². The second-order valence-corrected chi connectivity index (χ2v) is 7.29. The summed E-state index contributed by atoms with van der Waals surface area (Å²) in [6.07, 6.45) is 4.01. The summed E-state index contributed by atoms with van der Waals surface area (Å²) in [6, 6.07) is 14.4. The topological polar surface area (TPSA) is 73.2 Å². The number of carbonyl (C=O) groups is 2. The lowest BCUT2D eigenvalue weighted by Crippen LogP contribution is -2.24. The Bertz CT molecular complexity index is 987. The Balaban J connectivity index is 1.83. The fourth-order valence-electron chi connectivity index (χ4n) is 3.49. The number of carbonyl (C=O) groups excluding carboxylic acids is 1. The van der Waals surface area contributed by atoms with Crippen LogP contribution in [0, 0.1) is 0 Å². The Morgan fingerprint density at radius 2 is 1.77 bits per heavy atom. The average Bonchev–Trinajstić information content (AvgIpc) is 3.02. The molecule has 30 heavy (non-hydrogen) atoms. The van der Waals surface area contributed by atoms with Crippen LogP contribution in [0.5, 0.6) is 0 Å². The molecular weight excluding hydrogens is 378 g/mol. The summed E-state index contributed by atoms with van der Waals surface area (Å²) >= 11 is 0. The van der Waals surface area contributed by atoms with Crippen LogP contribution in [0.15, 0.2) is 59.2 Å². The van der Waals surface area contributed by atoms with Gasteiger partial charge in [0.05, 0.1) is 22.5 Å². The Kier molecular flexibility index (Phi) is 6.67. The average molecular weight is 405 g/mol. The molecule has 0 saturated heterocycles. The first kappa shape index (κ1) is 21.3. The Morgan fingerprint density at radius 1 is 1.10 bits per heavy atom. The predicted molar refractivity (Wildman–Crippen MR) is 121 cm³/mol. The van der Waals surface area contributed by atoms with E-state index in [0.717, 1.165) is 31.5 Å². The number of hydrogen-bond acceptors (Lipinski definition) is 4. The van der Waals surface area contributed by atoms with Crippen molar-refractivity contribution in [1.29, 1.82) is 0 Å². The number of carboxylic acid groups (broad SMARTS) is 1. The number of rotatable bonds is 8. The van der Waals surface area contributed by atoms with Gasteiger partial charge in [0.1, 0.15) is 0 Å². The lowest BCUT2D eigenvalue weighted by atomic mass is 10.1. The summed E-state index contributed by atoms with van der Waals surface area (Å²) < 4.78 is 0. The second kappa shape index (κ2) is 9.39. The minimum atomic E-state index is -1.04. The first-order chi connectivity index (χ1) is 14.4. The van der Waals surface area contributed by atoms with Crippen molar-refractivity contribution in [3.05, 3.63) is 65.2 Å². The van der Waals surface area contributed by atoms with Crippen molar-refractivity contribution in [3.63, 3.8) is 0 Å². The number of anilines is 2. The molecule has 0 radical (unpaired) electrons. The Labute approximate surface area is 177 Å². The first-order valence-corrected chi connectivity index (χ1v) is 10.2. The molecule has 1 aliphatic rings. The van der Waals surface area contributed by atoms with E-state index in [0.29, 0.717) is 17.0 Å². The molecule has 1 aliphatic heterocycles. The third kappa shape index (κ3) is 4.59. The van der Waals surface area contributed by atoms with Gasteiger partial charge in [0.25, 0.3) is 5.91 Å². The highest BCUT2D eigenvalue weighted by Gasteiger charge is 2.29. The van der Waals surface area contributed by atoms with Gasteiger partial charge in [0, 0.05) is 18.8 Å². The standard InChI is InChI=1S/C24H27N3O3/c1-4-13-26(14-5-2)20-11-9-18(10-12-20)15-22-17(3)25-27(23(22)28)21-8-6-7-19(16-21)24(29)30/h6-12,15-16H,4-5,13-14H2,1-3H3,(H,29,30). The van der Waals surface area contributed by atoms with Gasteiger partial charge in [-0.15, -0.1) is 0 Å². The van der Waals surface area contributed by atoms with Gasteiger partial charge >= 0.3 is 5.97 Å². The summed E-state index contributed by atoms with van der Waals surface area (Å²) in [4.78, 5) is 26.5. The molecule has 6 nitrogen and oxygen atoms in total. The normalized spacial score (nSPS) is 14.9. The van der Waals surface area contributed by atoms with Crippen LogP contribution in [0.2, 0.25) is 0 Å². The predicted octanol–water partition coefficient (Wildman–Crippen LogP) is 4.82. The van der Waals surface area contributed by atoms with E-state index in [2.05, 4.69) is 36.0 Å². The van der Waals surface area contributed by atoms with Crippen molar-refractivity contribution in [2.24, 2.45) is 5.10 Å². The van der Waals surface area contributed by atoms with Crippen molar-refractivity contribution < 1.29 is 14.7 Å². The molecule has 156 valence electrons. The van der Waals surface area contributed by atoms with E-state index in [1.807, 2.05) is 18.2 Å². The van der Waals surface area contributed by atoms with Crippen LogP contribution in [0.3, 0.4) is 0 Å². The summed E-state index contributed by atoms with van der Waals surface area (Å²) in [5, 5.41) is 14.8. The van der Waals surface area contributed by atoms with Crippen LogP contribution >= 0.6 is 0 Å². The van der Waals surface area contributed by atoms with Crippen LogP contribution in [0.4, 0.5) is 11.4 Å². The van der Waals surface area contributed by atoms with Gasteiger partial charge in [0.15, 0.2) is 0 Å². The fraction of sp³-hybridized carbons (Fsp3) is 0.292. The molecule has 0 aliphatic carbocycles.